The van der Waals surface area contributed by atoms with Crippen molar-refractivity contribution in [3.8, 4) is 11.5 Å². The van der Waals surface area contributed by atoms with Crippen LogP contribution >= 0.6 is 23.2 Å². The van der Waals surface area contributed by atoms with E-state index in [2.05, 4.69) is 10.3 Å². The fraction of sp³-hybridized carbons (Fsp3) is 0.238. The Morgan fingerprint density at radius 3 is 2.68 bits per heavy atom. The average Bonchev–Trinajstić information content (AvgIpc) is 2.67. The van der Waals surface area contributed by atoms with Crippen LogP contribution in [0.5, 0.6) is 11.5 Å². The monoisotopic (exact) mass is 418 g/mol. The van der Waals surface area contributed by atoms with Gasteiger partial charge >= 0.3 is 0 Å². The number of hydrogen-bond acceptors (Lipinski definition) is 4. The van der Waals surface area contributed by atoms with Gasteiger partial charge in [-0.1, -0.05) is 41.4 Å². The van der Waals surface area contributed by atoms with Crippen LogP contribution in [0.25, 0.3) is 10.9 Å². The molecule has 0 saturated carbocycles. The van der Waals surface area contributed by atoms with E-state index in [-0.39, 0.29) is 18.6 Å². The van der Waals surface area contributed by atoms with Crippen molar-refractivity contribution in [3.05, 3.63) is 63.8 Å². The van der Waals surface area contributed by atoms with Crippen LogP contribution in [-0.2, 0) is 4.79 Å². The van der Waals surface area contributed by atoms with Gasteiger partial charge in [0.15, 0.2) is 12.4 Å². The van der Waals surface area contributed by atoms with Crippen LogP contribution in [0.2, 0.25) is 10.0 Å². The summed E-state index contributed by atoms with van der Waals surface area (Å²) in [5, 5.41) is 4.40. The van der Waals surface area contributed by atoms with Gasteiger partial charge in [-0.2, -0.15) is 0 Å². The number of aryl methyl sites for hydroxylation is 1. The Bertz CT molecular complexity index is 1020. The standard InChI is InChI=1S/C21H20Cl2N2O3/c1-12-8-9-15-16(22)10-17(23)21(20(15)24-12)28-11-19(26)25-13(2)14-6-4-5-7-18(14)27-3/h4-10,13H,11H2,1-3H3,(H,25,26). The second-order valence-electron chi connectivity index (χ2n) is 6.34. The molecule has 0 bridgehead atoms. The molecule has 2 aromatic carbocycles. The molecule has 7 heteroatoms. The van der Waals surface area contributed by atoms with Crippen molar-refractivity contribution in [2.24, 2.45) is 0 Å². The van der Waals surface area contributed by atoms with Gasteiger partial charge in [0, 0.05) is 16.6 Å². The van der Waals surface area contributed by atoms with Gasteiger partial charge in [0.1, 0.15) is 11.3 Å². The number of rotatable bonds is 6. The maximum atomic E-state index is 12.4. The number of carbonyl (C=O) groups is 1. The van der Waals surface area contributed by atoms with Crippen LogP contribution in [0.1, 0.15) is 24.2 Å². The number of methoxy groups -OCH3 is 1. The summed E-state index contributed by atoms with van der Waals surface area (Å²) in [7, 11) is 1.60. The number of ether oxygens (including phenoxy) is 2. The molecule has 3 rings (SSSR count). The predicted octanol–water partition coefficient (Wildman–Crippen LogP) is 5.11. The highest BCUT2D eigenvalue weighted by molar-refractivity contribution is 6.39. The maximum absolute atomic E-state index is 12.4. The molecule has 1 N–H and O–H groups in total. The second kappa shape index (κ2) is 8.67. The Balaban J connectivity index is 1.75. The third kappa shape index (κ3) is 4.32. The van der Waals surface area contributed by atoms with Crippen LogP contribution in [0.4, 0.5) is 0 Å². The van der Waals surface area contributed by atoms with Crippen LogP contribution < -0.4 is 14.8 Å². The molecule has 0 aliphatic carbocycles. The molecule has 0 radical (unpaired) electrons. The largest absolute Gasteiger partial charge is 0.496 e. The Labute approximate surface area is 173 Å². The lowest BCUT2D eigenvalue weighted by Crippen LogP contribution is -2.31. The first-order chi connectivity index (χ1) is 13.4. The summed E-state index contributed by atoms with van der Waals surface area (Å²) in [4.78, 5) is 16.9. The Morgan fingerprint density at radius 1 is 1.18 bits per heavy atom. The molecule has 0 aliphatic rings. The molecule has 1 heterocycles. The number of fused-ring (bicyclic) bond motifs is 1. The van der Waals surface area contributed by atoms with Gasteiger partial charge < -0.3 is 14.8 Å². The normalized spacial score (nSPS) is 11.9. The Hall–Kier alpha value is -2.50. The summed E-state index contributed by atoms with van der Waals surface area (Å²) in [6, 6.07) is 12.6. The van der Waals surface area contributed by atoms with E-state index in [1.807, 2.05) is 50.2 Å². The smallest absolute Gasteiger partial charge is 0.258 e. The van der Waals surface area contributed by atoms with Gasteiger partial charge in [0.2, 0.25) is 0 Å². The number of amides is 1. The average molecular weight is 419 g/mol. The highest BCUT2D eigenvalue weighted by Crippen LogP contribution is 2.37. The van der Waals surface area contributed by atoms with Gasteiger partial charge in [-0.05, 0) is 38.1 Å². The van der Waals surface area contributed by atoms with E-state index in [1.54, 1.807) is 13.2 Å². The SMILES string of the molecule is COc1ccccc1C(C)NC(=O)COc1c(Cl)cc(Cl)c2ccc(C)nc12. The fourth-order valence-corrected chi connectivity index (χ4v) is 3.52. The molecular weight excluding hydrogens is 399 g/mol. The molecule has 146 valence electrons. The van der Waals surface area contributed by atoms with E-state index in [1.165, 1.54) is 0 Å². The molecule has 0 spiro atoms. The fourth-order valence-electron chi connectivity index (χ4n) is 2.95. The highest BCUT2D eigenvalue weighted by atomic mass is 35.5. The molecule has 0 saturated heterocycles. The van der Waals surface area contributed by atoms with Crippen LogP contribution in [0, 0.1) is 6.92 Å². The van der Waals surface area contributed by atoms with Crippen molar-refractivity contribution in [1.82, 2.24) is 10.3 Å². The molecule has 0 aliphatic heterocycles. The van der Waals surface area contributed by atoms with E-state index < -0.39 is 0 Å². The lowest BCUT2D eigenvalue weighted by Gasteiger charge is -2.18. The number of benzene rings is 2. The molecule has 1 aromatic heterocycles. The molecule has 1 atom stereocenters. The minimum atomic E-state index is -0.287. The van der Waals surface area contributed by atoms with Crippen molar-refractivity contribution in [3.63, 3.8) is 0 Å². The lowest BCUT2D eigenvalue weighted by molar-refractivity contribution is -0.123. The number of para-hydroxylation sites is 1. The van der Waals surface area contributed by atoms with Crippen LogP contribution in [0.3, 0.4) is 0 Å². The van der Waals surface area contributed by atoms with Gasteiger partial charge in [0.05, 0.1) is 23.2 Å². The predicted molar refractivity (Wildman–Crippen MR) is 112 cm³/mol. The topological polar surface area (TPSA) is 60.5 Å². The van der Waals surface area contributed by atoms with E-state index >= 15 is 0 Å². The lowest BCUT2D eigenvalue weighted by atomic mass is 10.1. The first kappa shape index (κ1) is 20.2. The molecule has 1 unspecified atom stereocenters. The first-order valence-corrected chi connectivity index (χ1v) is 9.46. The Morgan fingerprint density at radius 2 is 1.93 bits per heavy atom. The first-order valence-electron chi connectivity index (χ1n) is 8.71. The zero-order chi connectivity index (χ0) is 20.3. The summed E-state index contributed by atoms with van der Waals surface area (Å²) < 4.78 is 11.1. The van der Waals surface area contributed by atoms with Crippen LogP contribution in [0.15, 0.2) is 42.5 Å². The van der Waals surface area contributed by atoms with Gasteiger partial charge in [-0.25, -0.2) is 4.98 Å². The molecular formula is C21H20Cl2N2O3. The number of carbonyl (C=O) groups excluding carboxylic acids is 1. The van der Waals surface area contributed by atoms with E-state index in [9.17, 15) is 4.79 Å². The van der Waals surface area contributed by atoms with Crippen molar-refractivity contribution in [2.75, 3.05) is 13.7 Å². The molecule has 1 amide bonds. The summed E-state index contributed by atoms with van der Waals surface area (Å²) in [5.41, 5.74) is 2.21. The molecule has 3 aromatic rings. The third-order valence-electron chi connectivity index (χ3n) is 4.31. The summed E-state index contributed by atoms with van der Waals surface area (Å²) in [6.45, 7) is 3.54. The van der Waals surface area contributed by atoms with E-state index in [4.69, 9.17) is 32.7 Å². The van der Waals surface area contributed by atoms with Crippen molar-refractivity contribution < 1.29 is 14.3 Å². The van der Waals surface area contributed by atoms with Gasteiger partial charge in [0.25, 0.3) is 5.91 Å². The Kier molecular flexibility index (Phi) is 6.27. The highest BCUT2D eigenvalue weighted by Gasteiger charge is 2.17. The second-order valence-corrected chi connectivity index (χ2v) is 7.15. The van der Waals surface area contributed by atoms with Crippen molar-refractivity contribution in [1.29, 1.82) is 0 Å². The van der Waals surface area contributed by atoms with Crippen molar-refractivity contribution >= 4 is 40.0 Å². The zero-order valence-corrected chi connectivity index (χ0v) is 17.3. The number of halogens is 2. The summed E-state index contributed by atoms with van der Waals surface area (Å²) in [5.74, 6) is 0.762. The quantitative estimate of drug-likeness (QED) is 0.603. The van der Waals surface area contributed by atoms with Crippen LogP contribution in [-0.4, -0.2) is 24.6 Å². The van der Waals surface area contributed by atoms with Gasteiger partial charge in [-0.15, -0.1) is 0 Å². The number of aromatic nitrogens is 1. The van der Waals surface area contributed by atoms with E-state index in [0.29, 0.717) is 27.1 Å². The van der Waals surface area contributed by atoms with Crippen molar-refractivity contribution in [2.45, 2.75) is 19.9 Å². The maximum Gasteiger partial charge on any atom is 0.258 e. The molecule has 0 fully saturated rings. The van der Waals surface area contributed by atoms with Gasteiger partial charge in [-0.3, -0.25) is 4.79 Å². The number of nitrogens with zero attached hydrogens (tertiary/aromatic N) is 1. The minimum absolute atomic E-state index is 0.203. The molecule has 5 nitrogen and oxygen atoms in total. The third-order valence-corrected chi connectivity index (χ3v) is 4.90. The zero-order valence-electron chi connectivity index (χ0n) is 15.8. The number of hydrogen-bond donors (Lipinski definition) is 1. The minimum Gasteiger partial charge on any atom is -0.496 e. The number of pyridine rings is 1. The summed E-state index contributed by atoms with van der Waals surface area (Å²) in [6.07, 6.45) is 0. The van der Waals surface area contributed by atoms with E-state index in [0.717, 1.165) is 16.6 Å². The summed E-state index contributed by atoms with van der Waals surface area (Å²) >= 11 is 12.5. The molecule has 28 heavy (non-hydrogen) atoms. The number of nitrogens with one attached hydrogen (secondary N) is 1.